The molecule has 0 radical (unpaired) electrons. The highest BCUT2D eigenvalue weighted by Crippen LogP contribution is 2.18. The molecule has 0 unspecified atom stereocenters. The van der Waals surface area contributed by atoms with Crippen LogP contribution in [-0.2, 0) is 28.6 Å². The van der Waals surface area contributed by atoms with E-state index in [1.54, 1.807) is 0 Å². The number of unbranched alkanes of at least 4 members (excludes halogenated alkanes) is 35. The Hall–Kier alpha value is -1.59. The van der Waals surface area contributed by atoms with Crippen LogP contribution in [0, 0.1) is 11.8 Å². The van der Waals surface area contributed by atoms with Gasteiger partial charge in [-0.3, -0.25) is 14.4 Å². The maximum atomic E-state index is 12.8. The summed E-state index contributed by atoms with van der Waals surface area (Å²) >= 11 is 0. The molecule has 6 heteroatoms. The van der Waals surface area contributed by atoms with Gasteiger partial charge in [-0.05, 0) is 31.1 Å². The standard InChI is InChI=1S/C56H108O6/c1-6-7-8-9-10-11-26-31-36-41-46-54(57)60-49-53(50-61-55(58)47-42-37-32-27-23-22-25-30-35-40-45-52(4)5)62-56(59)48-43-38-33-28-21-19-17-15-13-12-14-16-18-20-24-29-34-39-44-51(2)3/h51-53H,6-50H2,1-5H3/t53-/m0/s1. The first-order valence-electron chi connectivity index (χ1n) is 27.7. The third-order valence-corrected chi connectivity index (χ3v) is 12.7. The molecule has 368 valence electrons. The number of esters is 3. The van der Waals surface area contributed by atoms with Gasteiger partial charge in [-0.1, -0.05) is 272 Å². The lowest BCUT2D eigenvalue weighted by molar-refractivity contribution is -0.167. The molecule has 0 aliphatic carbocycles. The molecule has 0 aromatic rings. The van der Waals surface area contributed by atoms with Crippen LogP contribution in [0.3, 0.4) is 0 Å². The lowest BCUT2D eigenvalue weighted by Crippen LogP contribution is -2.30. The quantitative estimate of drug-likeness (QED) is 0.0344. The molecule has 1 atom stereocenters. The molecule has 0 amide bonds. The number of rotatable bonds is 50. The number of carbonyl (C=O) groups excluding carboxylic acids is 3. The topological polar surface area (TPSA) is 78.9 Å². The summed E-state index contributed by atoms with van der Waals surface area (Å²) in [6, 6.07) is 0. The highest BCUT2D eigenvalue weighted by Gasteiger charge is 2.19. The molecule has 0 aliphatic rings. The monoisotopic (exact) mass is 877 g/mol. The Bertz CT molecular complexity index is 947. The number of carbonyl (C=O) groups is 3. The Morgan fingerprint density at radius 1 is 0.306 bits per heavy atom. The van der Waals surface area contributed by atoms with Crippen LogP contribution in [0.5, 0.6) is 0 Å². The zero-order valence-corrected chi connectivity index (χ0v) is 42.5. The molecule has 0 bridgehead atoms. The minimum Gasteiger partial charge on any atom is -0.462 e. The van der Waals surface area contributed by atoms with Crippen molar-refractivity contribution in [1.29, 1.82) is 0 Å². The van der Waals surface area contributed by atoms with Crippen molar-refractivity contribution in [3.05, 3.63) is 0 Å². The van der Waals surface area contributed by atoms with Crippen LogP contribution in [0.15, 0.2) is 0 Å². The van der Waals surface area contributed by atoms with Crippen molar-refractivity contribution >= 4 is 17.9 Å². The largest absolute Gasteiger partial charge is 0.462 e. The van der Waals surface area contributed by atoms with E-state index >= 15 is 0 Å². The molecule has 0 spiro atoms. The smallest absolute Gasteiger partial charge is 0.306 e. The second kappa shape index (κ2) is 48.9. The second-order valence-electron chi connectivity index (χ2n) is 20.2. The van der Waals surface area contributed by atoms with E-state index in [9.17, 15) is 14.4 Å². The molecule has 6 nitrogen and oxygen atoms in total. The van der Waals surface area contributed by atoms with Gasteiger partial charge in [0.1, 0.15) is 13.2 Å². The van der Waals surface area contributed by atoms with E-state index in [0.717, 1.165) is 69.6 Å². The molecule has 0 heterocycles. The van der Waals surface area contributed by atoms with E-state index in [2.05, 4.69) is 34.6 Å². The van der Waals surface area contributed by atoms with Crippen LogP contribution >= 0.6 is 0 Å². The van der Waals surface area contributed by atoms with E-state index < -0.39 is 6.10 Å². The van der Waals surface area contributed by atoms with Gasteiger partial charge in [-0.25, -0.2) is 0 Å². The molecule has 62 heavy (non-hydrogen) atoms. The van der Waals surface area contributed by atoms with Crippen LogP contribution in [0.4, 0.5) is 0 Å². The third-order valence-electron chi connectivity index (χ3n) is 12.7. The van der Waals surface area contributed by atoms with E-state index in [-0.39, 0.29) is 31.1 Å². The van der Waals surface area contributed by atoms with Crippen LogP contribution in [0.1, 0.15) is 311 Å². The molecule has 0 rings (SSSR count). The molecular weight excluding hydrogens is 769 g/mol. The lowest BCUT2D eigenvalue weighted by atomic mass is 10.0. The van der Waals surface area contributed by atoms with Gasteiger partial charge in [0.05, 0.1) is 0 Å². The van der Waals surface area contributed by atoms with Crippen molar-refractivity contribution in [2.75, 3.05) is 13.2 Å². The fraction of sp³-hybridized carbons (Fsp3) is 0.946. The van der Waals surface area contributed by atoms with Gasteiger partial charge < -0.3 is 14.2 Å². The molecule has 0 aliphatic heterocycles. The number of ether oxygens (including phenoxy) is 3. The van der Waals surface area contributed by atoms with Crippen LogP contribution in [0.25, 0.3) is 0 Å². The highest BCUT2D eigenvalue weighted by atomic mass is 16.6. The summed E-state index contributed by atoms with van der Waals surface area (Å²) in [4.78, 5) is 38.0. The van der Waals surface area contributed by atoms with Crippen LogP contribution < -0.4 is 0 Å². The molecule has 0 saturated carbocycles. The van der Waals surface area contributed by atoms with Crippen molar-refractivity contribution in [2.24, 2.45) is 11.8 Å². The highest BCUT2D eigenvalue weighted by molar-refractivity contribution is 5.71. The van der Waals surface area contributed by atoms with Gasteiger partial charge >= 0.3 is 17.9 Å². The maximum absolute atomic E-state index is 12.8. The van der Waals surface area contributed by atoms with Crippen molar-refractivity contribution in [3.8, 4) is 0 Å². The maximum Gasteiger partial charge on any atom is 0.306 e. The summed E-state index contributed by atoms with van der Waals surface area (Å²) in [7, 11) is 0. The average Bonchev–Trinajstić information content (AvgIpc) is 3.24. The van der Waals surface area contributed by atoms with Crippen molar-refractivity contribution in [1.82, 2.24) is 0 Å². The summed E-state index contributed by atoms with van der Waals surface area (Å²) in [5.41, 5.74) is 0. The van der Waals surface area contributed by atoms with Gasteiger partial charge in [-0.15, -0.1) is 0 Å². The summed E-state index contributed by atoms with van der Waals surface area (Å²) in [5, 5.41) is 0. The summed E-state index contributed by atoms with van der Waals surface area (Å²) in [5.74, 6) is 0.832. The molecular formula is C56H108O6. The van der Waals surface area contributed by atoms with Gasteiger partial charge in [0.15, 0.2) is 6.10 Å². The minimum atomic E-state index is -0.761. The Balaban J connectivity index is 4.22. The minimum absolute atomic E-state index is 0.0634. The molecule has 0 saturated heterocycles. The van der Waals surface area contributed by atoms with Crippen molar-refractivity contribution < 1.29 is 28.6 Å². The molecule has 0 N–H and O–H groups in total. The van der Waals surface area contributed by atoms with E-state index in [1.165, 1.54) is 199 Å². The van der Waals surface area contributed by atoms with Gasteiger partial charge in [0.2, 0.25) is 0 Å². The zero-order chi connectivity index (χ0) is 45.4. The van der Waals surface area contributed by atoms with E-state index in [4.69, 9.17) is 14.2 Å². The summed E-state index contributed by atoms with van der Waals surface area (Å²) in [6.07, 6.45) is 51.0. The summed E-state index contributed by atoms with van der Waals surface area (Å²) < 4.78 is 16.8. The number of hydrogen-bond donors (Lipinski definition) is 0. The predicted molar refractivity (Wildman–Crippen MR) is 266 cm³/mol. The van der Waals surface area contributed by atoms with Gasteiger partial charge in [-0.2, -0.15) is 0 Å². The first-order valence-corrected chi connectivity index (χ1v) is 27.7. The van der Waals surface area contributed by atoms with E-state index in [1.807, 2.05) is 0 Å². The Morgan fingerprint density at radius 2 is 0.532 bits per heavy atom. The van der Waals surface area contributed by atoms with E-state index in [0.29, 0.717) is 19.3 Å². The van der Waals surface area contributed by atoms with Crippen molar-refractivity contribution in [3.63, 3.8) is 0 Å². The first kappa shape index (κ1) is 60.4. The molecule has 0 fully saturated rings. The fourth-order valence-corrected chi connectivity index (χ4v) is 8.52. The lowest BCUT2D eigenvalue weighted by Gasteiger charge is -2.18. The van der Waals surface area contributed by atoms with Gasteiger partial charge in [0, 0.05) is 19.3 Å². The van der Waals surface area contributed by atoms with Crippen LogP contribution in [0.2, 0.25) is 0 Å². The second-order valence-corrected chi connectivity index (χ2v) is 20.2. The van der Waals surface area contributed by atoms with Gasteiger partial charge in [0.25, 0.3) is 0 Å². The number of hydrogen-bond acceptors (Lipinski definition) is 6. The molecule has 0 aromatic carbocycles. The van der Waals surface area contributed by atoms with Crippen molar-refractivity contribution in [2.45, 2.75) is 317 Å². The Labute approximate surface area is 387 Å². The SMILES string of the molecule is CCCCCCCCCCCCC(=O)OC[C@@H](COC(=O)CCCCCCCCCCCCC(C)C)OC(=O)CCCCCCCCCCCCCCCCCCCCC(C)C. The predicted octanol–water partition coefficient (Wildman–Crippen LogP) is 18.1. The van der Waals surface area contributed by atoms with Crippen LogP contribution in [-0.4, -0.2) is 37.2 Å². The third kappa shape index (κ3) is 49.4. The summed E-state index contributed by atoms with van der Waals surface area (Å²) in [6.45, 7) is 11.4. The fourth-order valence-electron chi connectivity index (χ4n) is 8.52. The average molecular weight is 877 g/mol. The first-order chi connectivity index (χ1) is 30.2. The zero-order valence-electron chi connectivity index (χ0n) is 42.5. The normalized spacial score (nSPS) is 12.0. The Morgan fingerprint density at radius 3 is 0.790 bits per heavy atom. The Kier molecular flexibility index (Phi) is 47.6. The molecule has 0 aromatic heterocycles.